The fraction of sp³-hybridized carbons (Fsp3) is 0.235. The van der Waals surface area contributed by atoms with E-state index in [9.17, 15) is 4.79 Å². The van der Waals surface area contributed by atoms with Gasteiger partial charge in [0.05, 0.1) is 0 Å². The second kappa shape index (κ2) is 7.75. The maximum Gasteiger partial charge on any atom is 0.193 e. The van der Waals surface area contributed by atoms with Crippen LogP contribution in [0.3, 0.4) is 0 Å². The minimum Gasteiger partial charge on any atom is -0.289 e. The third-order valence-corrected chi connectivity index (χ3v) is 4.04. The first-order valence-corrected chi connectivity index (χ1v) is 8.84. The van der Waals surface area contributed by atoms with Crippen LogP contribution in [0.15, 0.2) is 48.5 Å². The normalized spacial score (nSPS) is 10.5. The van der Waals surface area contributed by atoms with Gasteiger partial charge >= 0.3 is 0 Å². The molecule has 0 radical (unpaired) electrons. The summed E-state index contributed by atoms with van der Waals surface area (Å²) < 4.78 is 0. The van der Waals surface area contributed by atoms with Crippen molar-refractivity contribution in [1.29, 1.82) is 0 Å². The third kappa shape index (κ3) is 3.58. The van der Waals surface area contributed by atoms with Crippen LogP contribution in [0.1, 0.15) is 27.0 Å². The summed E-state index contributed by atoms with van der Waals surface area (Å²) in [6.45, 7) is 0. The van der Waals surface area contributed by atoms with Gasteiger partial charge in [-0.25, -0.2) is 0 Å². The number of carbonyl (C=O) groups is 1. The lowest BCUT2D eigenvalue weighted by Crippen LogP contribution is -2.09. The van der Waals surface area contributed by atoms with E-state index in [1.54, 1.807) is 0 Å². The number of benzene rings is 2. The summed E-state index contributed by atoms with van der Waals surface area (Å²) in [5.74, 6) is 0.123. The SMILES string of the molecule is O=C(c1ccccc1CCBr)c1ccccc1CCBr. The minimum absolute atomic E-state index is 0.123. The Morgan fingerprint density at radius 3 is 1.55 bits per heavy atom. The van der Waals surface area contributed by atoms with Crippen molar-refractivity contribution in [2.24, 2.45) is 0 Å². The summed E-state index contributed by atoms with van der Waals surface area (Å²) >= 11 is 6.89. The van der Waals surface area contributed by atoms with Gasteiger partial charge < -0.3 is 0 Å². The molecular weight excluding hydrogens is 380 g/mol. The maximum absolute atomic E-state index is 12.8. The van der Waals surface area contributed by atoms with Crippen LogP contribution < -0.4 is 0 Å². The van der Waals surface area contributed by atoms with Gasteiger partial charge in [-0.05, 0) is 24.0 Å². The number of rotatable bonds is 6. The molecule has 0 saturated carbocycles. The number of ketones is 1. The molecule has 104 valence electrons. The van der Waals surface area contributed by atoms with E-state index in [-0.39, 0.29) is 5.78 Å². The molecule has 0 aliphatic carbocycles. The van der Waals surface area contributed by atoms with E-state index in [4.69, 9.17) is 0 Å². The van der Waals surface area contributed by atoms with Crippen LogP contribution in [0.5, 0.6) is 0 Å². The van der Waals surface area contributed by atoms with Gasteiger partial charge in [0.1, 0.15) is 0 Å². The van der Waals surface area contributed by atoms with Gasteiger partial charge in [0.25, 0.3) is 0 Å². The van der Waals surface area contributed by atoms with Crippen molar-refractivity contribution in [2.75, 3.05) is 10.7 Å². The molecular formula is C17H16Br2O. The van der Waals surface area contributed by atoms with Crippen LogP contribution in [-0.4, -0.2) is 16.4 Å². The predicted molar refractivity (Wildman–Crippen MR) is 91.3 cm³/mol. The highest BCUT2D eigenvalue weighted by molar-refractivity contribution is 9.09. The summed E-state index contributed by atoms with van der Waals surface area (Å²) in [5, 5.41) is 1.72. The molecule has 0 bridgehead atoms. The number of hydrogen-bond donors (Lipinski definition) is 0. The van der Waals surface area contributed by atoms with Crippen molar-refractivity contribution in [1.82, 2.24) is 0 Å². The maximum atomic E-state index is 12.8. The Morgan fingerprint density at radius 2 is 1.15 bits per heavy atom. The minimum atomic E-state index is 0.123. The van der Waals surface area contributed by atoms with Gasteiger partial charge in [0, 0.05) is 21.8 Å². The predicted octanol–water partition coefficient (Wildman–Crippen LogP) is 4.79. The zero-order valence-corrected chi connectivity index (χ0v) is 14.3. The number of carbonyl (C=O) groups excluding carboxylic acids is 1. The van der Waals surface area contributed by atoms with Gasteiger partial charge in [-0.1, -0.05) is 80.4 Å². The summed E-state index contributed by atoms with van der Waals surface area (Å²) in [5.41, 5.74) is 3.83. The van der Waals surface area contributed by atoms with Gasteiger partial charge in [0.2, 0.25) is 0 Å². The standard InChI is InChI=1S/C17H16Br2O/c18-11-9-13-5-1-3-7-15(13)17(20)16-8-4-2-6-14(16)10-12-19/h1-8H,9-12H2. The van der Waals surface area contributed by atoms with Gasteiger partial charge in [0.15, 0.2) is 5.78 Å². The summed E-state index contributed by atoms with van der Waals surface area (Å²) in [6, 6.07) is 15.7. The average molecular weight is 396 g/mol. The topological polar surface area (TPSA) is 17.1 Å². The van der Waals surface area contributed by atoms with E-state index in [1.807, 2.05) is 48.5 Å². The number of hydrogen-bond acceptors (Lipinski definition) is 1. The molecule has 0 N–H and O–H groups in total. The largest absolute Gasteiger partial charge is 0.289 e. The third-order valence-electron chi connectivity index (χ3n) is 3.25. The molecule has 0 fully saturated rings. The Morgan fingerprint density at radius 1 is 0.750 bits per heavy atom. The molecule has 1 nitrogen and oxygen atoms in total. The van der Waals surface area contributed by atoms with Crippen LogP contribution in [0.25, 0.3) is 0 Å². The van der Waals surface area contributed by atoms with E-state index in [0.29, 0.717) is 0 Å². The molecule has 3 heteroatoms. The smallest absolute Gasteiger partial charge is 0.193 e. The Balaban J connectivity index is 2.41. The fourth-order valence-electron chi connectivity index (χ4n) is 2.27. The van der Waals surface area contributed by atoms with Gasteiger partial charge in [-0.2, -0.15) is 0 Å². The van der Waals surface area contributed by atoms with Crippen LogP contribution in [0, 0.1) is 0 Å². The van der Waals surface area contributed by atoms with Crippen LogP contribution in [0.2, 0.25) is 0 Å². The van der Waals surface area contributed by atoms with Crippen LogP contribution >= 0.6 is 31.9 Å². The molecule has 0 saturated heterocycles. The molecule has 0 amide bonds. The molecule has 0 aliphatic rings. The first-order valence-electron chi connectivity index (χ1n) is 6.60. The zero-order valence-electron chi connectivity index (χ0n) is 11.1. The van der Waals surface area contributed by atoms with Gasteiger partial charge in [-0.15, -0.1) is 0 Å². The molecule has 0 unspecified atom stereocenters. The van der Waals surface area contributed by atoms with Crippen molar-refractivity contribution in [3.05, 3.63) is 70.8 Å². The molecule has 0 aromatic heterocycles. The van der Waals surface area contributed by atoms with Gasteiger partial charge in [-0.3, -0.25) is 4.79 Å². The van der Waals surface area contributed by atoms with Crippen LogP contribution in [0.4, 0.5) is 0 Å². The Labute approximate surface area is 136 Å². The number of aryl methyl sites for hydroxylation is 2. The molecule has 2 aromatic carbocycles. The lowest BCUT2D eigenvalue weighted by molar-refractivity contribution is 0.103. The van der Waals surface area contributed by atoms with E-state index in [1.165, 1.54) is 0 Å². The monoisotopic (exact) mass is 394 g/mol. The number of halogens is 2. The highest BCUT2D eigenvalue weighted by atomic mass is 79.9. The highest BCUT2D eigenvalue weighted by Crippen LogP contribution is 2.19. The Bertz CT molecular complexity index is 542. The van der Waals surface area contributed by atoms with E-state index >= 15 is 0 Å². The zero-order chi connectivity index (χ0) is 14.4. The average Bonchev–Trinajstić information content (AvgIpc) is 2.48. The second-order valence-electron chi connectivity index (χ2n) is 4.52. The van der Waals surface area contributed by atoms with Crippen molar-refractivity contribution >= 4 is 37.6 Å². The highest BCUT2D eigenvalue weighted by Gasteiger charge is 2.15. The first kappa shape index (κ1) is 15.5. The quantitative estimate of drug-likeness (QED) is 0.507. The number of alkyl halides is 2. The molecule has 2 aromatic rings. The van der Waals surface area contributed by atoms with Crippen LogP contribution in [-0.2, 0) is 12.8 Å². The molecule has 0 aliphatic heterocycles. The Kier molecular flexibility index (Phi) is 5.99. The summed E-state index contributed by atoms with van der Waals surface area (Å²) in [6.07, 6.45) is 1.73. The second-order valence-corrected chi connectivity index (χ2v) is 6.11. The molecule has 0 spiro atoms. The van der Waals surface area contributed by atoms with Crippen molar-refractivity contribution in [2.45, 2.75) is 12.8 Å². The molecule has 0 atom stereocenters. The van der Waals surface area contributed by atoms with Crippen molar-refractivity contribution in [3.63, 3.8) is 0 Å². The lowest BCUT2D eigenvalue weighted by Gasteiger charge is -2.10. The lowest BCUT2D eigenvalue weighted by atomic mass is 9.93. The van der Waals surface area contributed by atoms with Crippen molar-refractivity contribution < 1.29 is 4.79 Å². The summed E-state index contributed by atoms with van der Waals surface area (Å²) in [4.78, 5) is 12.8. The fourth-order valence-corrected chi connectivity index (χ4v) is 3.12. The Hall–Kier alpha value is -0.930. The van der Waals surface area contributed by atoms with E-state index in [2.05, 4.69) is 31.9 Å². The molecule has 0 heterocycles. The molecule has 2 rings (SSSR count). The first-order chi connectivity index (χ1) is 9.77. The van der Waals surface area contributed by atoms with E-state index in [0.717, 1.165) is 45.8 Å². The van der Waals surface area contributed by atoms with Crippen molar-refractivity contribution in [3.8, 4) is 0 Å². The van der Waals surface area contributed by atoms with E-state index < -0.39 is 0 Å². The summed E-state index contributed by atoms with van der Waals surface area (Å²) in [7, 11) is 0. The molecule has 20 heavy (non-hydrogen) atoms.